The molecule has 5 heteroatoms. The van der Waals surface area contributed by atoms with E-state index >= 15 is 0 Å². The molecule has 2 heterocycles. The molecule has 5 nitrogen and oxygen atoms in total. The van der Waals surface area contributed by atoms with E-state index in [1.807, 2.05) is 6.92 Å². The van der Waals surface area contributed by atoms with E-state index in [9.17, 15) is 4.79 Å². The molecule has 0 radical (unpaired) electrons. The first-order valence-corrected chi connectivity index (χ1v) is 5.95. The average molecular weight is 238 g/mol. The molecule has 0 aromatic carbocycles. The summed E-state index contributed by atoms with van der Waals surface area (Å²) in [5.74, 6) is 0.420. The summed E-state index contributed by atoms with van der Waals surface area (Å²) in [6.07, 6.45) is 2.19. The Morgan fingerprint density at radius 1 is 1.53 bits per heavy atom. The van der Waals surface area contributed by atoms with Gasteiger partial charge in [0.1, 0.15) is 11.3 Å². The van der Waals surface area contributed by atoms with Gasteiger partial charge in [0.2, 0.25) is 0 Å². The molecule has 1 fully saturated rings. The summed E-state index contributed by atoms with van der Waals surface area (Å²) in [5.41, 5.74) is 1.16. The third-order valence-corrected chi connectivity index (χ3v) is 3.14. The Morgan fingerprint density at radius 3 is 2.82 bits per heavy atom. The monoisotopic (exact) mass is 238 g/mol. The lowest BCUT2D eigenvalue weighted by Gasteiger charge is -2.19. The number of ether oxygens (including phenoxy) is 1. The Kier molecular flexibility index (Phi) is 3.47. The number of amides is 1. The van der Waals surface area contributed by atoms with Gasteiger partial charge in [0.15, 0.2) is 0 Å². The van der Waals surface area contributed by atoms with Crippen molar-refractivity contribution >= 4 is 5.91 Å². The Bertz CT molecular complexity index is 388. The van der Waals surface area contributed by atoms with E-state index < -0.39 is 0 Å². The summed E-state index contributed by atoms with van der Waals surface area (Å²) in [7, 11) is 0. The molecule has 1 aliphatic rings. The van der Waals surface area contributed by atoms with Gasteiger partial charge >= 0.3 is 0 Å². The molecular formula is C12H18N2O3. The molecule has 1 aliphatic heterocycles. The number of rotatable bonds is 3. The van der Waals surface area contributed by atoms with E-state index in [4.69, 9.17) is 9.26 Å². The topological polar surface area (TPSA) is 64.4 Å². The van der Waals surface area contributed by atoms with Gasteiger partial charge in [0.05, 0.1) is 17.8 Å². The third kappa shape index (κ3) is 2.49. The number of carbonyl (C=O) groups is 1. The van der Waals surface area contributed by atoms with Crippen LogP contribution in [0.2, 0.25) is 0 Å². The molecule has 1 saturated heterocycles. The molecular weight excluding hydrogens is 220 g/mol. The highest BCUT2D eigenvalue weighted by Crippen LogP contribution is 2.17. The number of nitrogens with one attached hydrogen (secondary N) is 1. The standard InChI is InChI=1S/C12H18N2O3/c1-7(10-5-4-6-16-10)13-12(15)11-8(2)14-17-9(11)3/h7,10H,4-6H2,1-3H3,(H,13,15)/t7-,10-/m0/s1. The predicted octanol–water partition coefficient (Wildman–Crippen LogP) is 1.59. The van der Waals surface area contributed by atoms with E-state index in [1.54, 1.807) is 13.8 Å². The van der Waals surface area contributed by atoms with Crippen molar-refractivity contribution in [2.24, 2.45) is 0 Å². The lowest BCUT2D eigenvalue weighted by Crippen LogP contribution is -2.41. The van der Waals surface area contributed by atoms with Crippen molar-refractivity contribution in [1.82, 2.24) is 10.5 Å². The zero-order valence-electron chi connectivity index (χ0n) is 10.4. The Balaban J connectivity index is 2.01. The summed E-state index contributed by atoms with van der Waals surface area (Å²) >= 11 is 0. The SMILES string of the molecule is Cc1noc(C)c1C(=O)N[C@@H](C)[C@@H]1CCCO1. The van der Waals surface area contributed by atoms with Gasteiger partial charge in [0, 0.05) is 6.61 Å². The smallest absolute Gasteiger partial charge is 0.257 e. The molecule has 0 spiro atoms. The normalized spacial score (nSPS) is 21.5. The van der Waals surface area contributed by atoms with Crippen LogP contribution in [0.1, 0.15) is 41.6 Å². The molecule has 1 N–H and O–H groups in total. The van der Waals surface area contributed by atoms with E-state index in [-0.39, 0.29) is 18.1 Å². The van der Waals surface area contributed by atoms with Crippen LogP contribution in [0, 0.1) is 13.8 Å². The molecule has 1 aromatic rings. The number of aryl methyl sites for hydroxylation is 2. The predicted molar refractivity (Wildman–Crippen MR) is 61.9 cm³/mol. The molecule has 0 unspecified atom stereocenters. The molecule has 2 atom stereocenters. The maximum absolute atomic E-state index is 12.0. The van der Waals surface area contributed by atoms with E-state index in [0.717, 1.165) is 19.4 Å². The molecule has 2 rings (SSSR count). The van der Waals surface area contributed by atoms with Crippen molar-refractivity contribution < 1.29 is 14.1 Å². The molecule has 0 bridgehead atoms. The van der Waals surface area contributed by atoms with Crippen molar-refractivity contribution in [3.05, 3.63) is 17.0 Å². The van der Waals surface area contributed by atoms with Crippen LogP contribution in [0.15, 0.2) is 4.52 Å². The van der Waals surface area contributed by atoms with Gasteiger partial charge in [-0.2, -0.15) is 0 Å². The van der Waals surface area contributed by atoms with Crippen LogP contribution in [0.4, 0.5) is 0 Å². The summed E-state index contributed by atoms with van der Waals surface area (Å²) in [6.45, 7) is 6.26. The first kappa shape index (κ1) is 12.1. The number of aromatic nitrogens is 1. The summed E-state index contributed by atoms with van der Waals surface area (Å²) in [4.78, 5) is 12.0. The zero-order chi connectivity index (χ0) is 12.4. The maximum atomic E-state index is 12.0. The largest absolute Gasteiger partial charge is 0.376 e. The number of nitrogens with zero attached hydrogens (tertiary/aromatic N) is 1. The highest BCUT2D eigenvalue weighted by atomic mass is 16.5. The van der Waals surface area contributed by atoms with Crippen molar-refractivity contribution in [3.8, 4) is 0 Å². The van der Waals surface area contributed by atoms with Gasteiger partial charge in [-0.05, 0) is 33.6 Å². The fourth-order valence-electron chi connectivity index (χ4n) is 2.18. The van der Waals surface area contributed by atoms with Crippen molar-refractivity contribution in [3.63, 3.8) is 0 Å². The van der Waals surface area contributed by atoms with Crippen LogP contribution in [-0.4, -0.2) is 29.8 Å². The molecule has 1 aromatic heterocycles. The van der Waals surface area contributed by atoms with Crippen LogP contribution >= 0.6 is 0 Å². The van der Waals surface area contributed by atoms with Crippen molar-refractivity contribution in [2.45, 2.75) is 45.8 Å². The van der Waals surface area contributed by atoms with Gasteiger partial charge < -0.3 is 14.6 Å². The van der Waals surface area contributed by atoms with Crippen molar-refractivity contribution in [1.29, 1.82) is 0 Å². The average Bonchev–Trinajstić information content (AvgIpc) is 2.88. The Hall–Kier alpha value is -1.36. The van der Waals surface area contributed by atoms with E-state index in [1.165, 1.54) is 0 Å². The lowest BCUT2D eigenvalue weighted by atomic mass is 10.1. The van der Waals surface area contributed by atoms with Gasteiger partial charge in [0.25, 0.3) is 5.91 Å². The molecule has 0 saturated carbocycles. The minimum Gasteiger partial charge on any atom is -0.376 e. The number of carbonyl (C=O) groups excluding carboxylic acids is 1. The molecule has 17 heavy (non-hydrogen) atoms. The highest BCUT2D eigenvalue weighted by molar-refractivity contribution is 5.96. The maximum Gasteiger partial charge on any atom is 0.257 e. The fourth-order valence-corrected chi connectivity index (χ4v) is 2.18. The molecule has 0 aliphatic carbocycles. The third-order valence-electron chi connectivity index (χ3n) is 3.14. The second-order valence-corrected chi connectivity index (χ2v) is 4.51. The Morgan fingerprint density at radius 2 is 2.29 bits per heavy atom. The minimum atomic E-state index is -0.135. The second kappa shape index (κ2) is 4.87. The van der Waals surface area contributed by atoms with E-state index in [2.05, 4.69) is 10.5 Å². The second-order valence-electron chi connectivity index (χ2n) is 4.51. The van der Waals surface area contributed by atoms with Crippen molar-refractivity contribution in [2.75, 3.05) is 6.61 Å². The fraction of sp³-hybridized carbons (Fsp3) is 0.667. The first-order chi connectivity index (χ1) is 8.09. The Labute approximate surface area is 101 Å². The van der Waals surface area contributed by atoms with Crippen LogP contribution in [0.25, 0.3) is 0 Å². The van der Waals surface area contributed by atoms with Crippen LogP contribution in [-0.2, 0) is 4.74 Å². The minimum absolute atomic E-state index is 0.0127. The number of hydrogen-bond acceptors (Lipinski definition) is 4. The zero-order valence-corrected chi connectivity index (χ0v) is 10.4. The van der Waals surface area contributed by atoms with E-state index in [0.29, 0.717) is 17.0 Å². The first-order valence-electron chi connectivity index (χ1n) is 5.95. The quantitative estimate of drug-likeness (QED) is 0.868. The summed E-state index contributed by atoms with van der Waals surface area (Å²) in [5, 5.41) is 6.72. The number of hydrogen-bond donors (Lipinski definition) is 1. The van der Waals surface area contributed by atoms with Crippen LogP contribution in [0.5, 0.6) is 0 Å². The van der Waals surface area contributed by atoms with Gasteiger partial charge in [-0.1, -0.05) is 5.16 Å². The van der Waals surface area contributed by atoms with Crippen LogP contribution in [0.3, 0.4) is 0 Å². The van der Waals surface area contributed by atoms with Crippen LogP contribution < -0.4 is 5.32 Å². The summed E-state index contributed by atoms with van der Waals surface area (Å²) in [6, 6.07) is 0.0127. The van der Waals surface area contributed by atoms with Gasteiger partial charge in [-0.3, -0.25) is 4.79 Å². The van der Waals surface area contributed by atoms with Gasteiger partial charge in [-0.15, -0.1) is 0 Å². The summed E-state index contributed by atoms with van der Waals surface area (Å²) < 4.78 is 10.5. The lowest BCUT2D eigenvalue weighted by molar-refractivity contribution is 0.0711. The molecule has 1 amide bonds. The molecule has 94 valence electrons. The van der Waals surface area contributed by atoms with Gasteiger partial charge in [-0.25, -0.2) is 0 Å². The highest BCUT2D eigenvalue weighted by Gasteiger charge is 2.26.